The van der Waals surface area contributed by atoms with Crippen LogP contribution >= 0.6 is 15.9 Å². The highest BCUT2D eigenvalue weighted by Gasteiger charge is 2.23. The molecule has 0 saturated carbocycles. The summed E-state index contributed by atoms with van der Waals surface area (Å²) in [5, 5.41) is 7.74. The van der Waals surface area contributed by atoms with Crippen LogP contribution in [-0.4, -0.2) is 39.6 Å². The molecule has 0 aliphatic rings. The normalized spacial score (nSPS) is 11.3. The van der Waals surface area contributed by atoms with Crippen molar-refractivity contribution in [1.82, 2.24) is 14.7 Å². The first-order chi connectivity index (χ1) is 15.1. The van der Waals surface area contributed by atoms with Crippen LogP contribution in [0, 0.1) is 6.92 Å². The second kappa shape index (κ2) is 9.69. The Morgan fingerprint density at radius 3 is 2.34 bits per heavy atom. The van der Waals surface area contributed by atoms with Crippen LogP contribution in [0.3, 0.4) is 0 Å². The predicted molar refractivity (Wildman–Crippen MR) is 131 cm³/mol. The summed E-state index contributed by atoms with van der Waals surface area (Å²) in [6.45, 7) is 10.5. The third-order valence-electron chi connectivity index (χ3n) is 5.18. The van der Waals surface area contributed by atoms with Gasteiger partial charge in [0.15, 0.2) is 0 Å². The first-order valence-corrected chi connectivity index (χ1v) is 11.4. The molecule has 1 heterocycles. The van der Waals surface area contributed by atoms with Crippen molar-refractivity contribution < 1.29 is 9.59 Å². The van der Waals surface area contributed by atoms with Crippen LogP contribution in [0.4, 0.5) is 5.82 Å². The quantitative estimate of drug-likeness (QED) is 0.500. The van der Waals surface area contributed by atoms with Gasteiger partial charge in [-0.15, -0.1) is 0 Å². The van der Waals surface area contributed by atoms with Crippen LogP contribution in [0.1, 0.15) is 49.3 Å². The van der Waals surface area contributed by atoms with E-state index in [0.29, 0.717) is 17.9 Å². The molecular weight excluding hydrogens is 468 g/mol. The number of carbonyl (C=O) groups is 2. The third-order valence-corrected chi connectivity index (χ3v) is 5.71. The molecule has 0 radical (unpaired) electrons. The van der Waals surface area contributed by atoms with E-state index in [-0.39, 0.29) is 23.8 Å². The molecule has 32 heavy (non-hydrogen) atoms. The maximum Gasteiger partial charge on any atom is 0.254 e. The molecule has 168 valence electrons. The average molecular weight is 497 g/mol. The molecule has 1 N–H and O–H groups in total. The predicted octanol–water partition coefficient (Wildman–Crippen LogP) is 5.34. The fourth-order valence-corrected chi connectivity index (χ4v) is 3.54. The smallest absolute Gasteiger partial charge is 0.254 e. The summed E-state index contributed by atoms with van der Waals surface area (Å²) in [5.74, 6) is 0.131. The van der Waals surface area contributed by atoms with Crippen molar-refractivity contribution in [1.29, 1.82) is 0 Å². The molecule has 0 spiro atoms. The van der Waals surface area contributed by atoms with E-state index < -0.39 is 0 Å². The van der Waals surface area contributed by atoms with Crippen LogP contribution in [0.15, 0.2) is 59.1 Å². The van der Waals surface area contributed by atoms with Crippen molar-refractivity contribution in [2.45, 2.75) is 40.0 Å². The molecule has 0 atom stereocenters. The Balaban J connectivity index is 1.84. The lowest BCUT2D eigenvalue weighted by Crippen LogP contribution is -2.38. The van der Waals surface area contributed by atoms with Gasteiger partial charge in [0.1, 0.15) is 12.4 Å². The molecule has 0 saturated heterocycles. The zero-order chi connectivity index (χ0) is 23.5. The Bertz CT molecular complexity index is 1110. The van der Waals surface area contributed by atoms with Gasteiger partial charge in [0, 0.05) is 28.1 Å². The molecule has 0 aliphatic carbocycles. The minimum Gasteiger partial charge on any atom is -0.330 e. The first kappa shape index (κ1) is 23.7. The average Bonchev–Trinajstić information content (AvgIpc) is 3.16. The maximum absolute atomic E-state index is 12.9. The Labute approximate surface area is 197 Å². The molecule has 0 fully saturated rings. The van der Waals surface area contributed by atoms with Gasteiger partial charge < -0.3 is 10.2 Å². The van der Waals surface area contributed by atoms with E-state index in [1.165, 1.54) is 4.90 Å². The maximum atomic E-state index is 12.9. The number of para-hydroxylation sites is 1. The largest absolute Gasteiger partial charge is 0.330 e. The lowest BCUT2D eigenvalue weighted by molar-refractivity contribution is -0.116. The molecular formula is C25H29BrN4O2. The molecule has 2 amide bonds. The second-order valence-corrected chi connectivity index (χ2v) is 9.65. The minimum atomic E-state index is -0.271. The van der Waals surface area contributed by atoms with Crippen molar-refractivity contribution in [3.8, 4) is 5.69 Å². The van der Waals surface area contributed by atoms with Crippen molar-refractivity contribution in [2.75, 3.05) is 18.4 Å². The molecule has 3 aromatic rings. The van der Waals surface area contributed by atoms with Crippen molar-refractivity contribution in [2.24, 2.45) is 0 Å². The summed E-state index contributed by atoms with van der Waals surface area (Å²) in [4.78, 5) is 27.3. The van der Waals surface area contributed by atoms with Gasteiger partial charge in [-0.2, -0.15) is 5.10 Å². The van der Waals surface area contributed by atoms with Gasteiger partial charge in [0.05, 0.1) is 11.4 Å². The van der Waals surface area contributed by atoms with Gasteiger partial charge in [-0.05, 0) is 49.7 Å². The highest BCUT2D eigenvalue weighted by molar-refractivity contribution is 9.10. The number of rotatable bonds is 6. The van der Waals surface area contributed by atoms with Crippen LogP contribution in [0.25, 0.3) is 5.69 Å². The number of anilines is 1. The van der Waals surface area contributed by atoms with E-state index in [0.717, 1.165) is 21.4 Å². The molecule has 1 aromatic heterocycles. The van der Waals surface area contributed by atoms with E-state index in [1.54, 1.807) is 16.8 Å². The Hall–Kier alpha value is -2.93. The van der Waals surface area contributed by atoms with Gasteiger partial charge in [-0.25, -0.2) is 4.68 Å². The number of halogens is 1. The summed E-state index contributed by atoms with van der Waals surface area (Å²) < 4.78 is 2.66. The fraction of sp³-hybridized carbons (Fsp3) is 0.320. The summed E-state index contributed by atoms with van der Waals surface area (Å²) in [7, 11) is 0. The summed E-state index contributed by atoms with van der Waals surface area (Å²) in [5.41, 5.74) is 3.18. The molecule has 0 unspecified atom stereocenters. The molecule has 2 aromatic carbocycles. The molecule has 0 bridgehead atoms. The number of amides is 2. The number of hydrogen-bond acceptors (Lipinski definition) is 3. The number of aromatic nitrogens is 2. The summed E-state index contributed by atoms with van der Waals surface area (Å²) in [6.07, 6.45) is 0. The van der Waals surface area contributed by atoms with E-state index >= 15 is 0 Å². The van der Waals surface area contributed by atoms with Gasteiger partial charge in [0.25, 0.3) is 5.91 Å². The van der Waals surface area contributed by atoms with Crippen LogP contribution in [0.2, 0.25) is 0 Å². The number of aryl methyl sites for hydroxylation is 1. The van der Waals surface area contributed by atoms with Crippen LogP contribution in [0.5, 0.6) is 0 Å². The summed E-state index contributed by atoms with van der Waals surface area (Å²) in [6, 6.07) is 16.9. The monoisotopic (exact) mass is 496 g/mol. The van der Waals surface area contributed by atoms with E-state index in [2.05, 4.69) is 42.0 Å². The Morgan fingerprint density at radius 1 is 1.09 bits per heavy atom. The number of hydrogen-bond donors (Lipinski definition) is 1. The number of likely N-dealkylation sites (N-methyl/N-ethyl adjacent to an activating group) is 1. The number of carbonyl (C=O) groups excluding carboxylic acids is 2. The topological polar surface area (TPSA) is 67.2 Å². The van der Waals surface area contributed by atoms with E-state index in [9.17, 15) is 9.59 Å². The first-order valence-electron chi connectivity index (χ1n) is 10.6. The van der Waals surface area contributed by atoms with Gasteiger partial charge in [0.2, 0.25) is 5.91 Å². The molecule has 7 heteroatoms. The minimum absolute atomic E-state index is 0.0464. The standard InChI is InChI=1S/C25H29BrN4O2/c1-6-29(24(32)18-11-13-19(26)14-12-18)16-23(31)27-22-15-21(25(3,4)5)28-30(22)20-10-8-7-9-17(20)2/h7-15H,6,16H2,1-5H3,(H,27,31). The highest BCUT2D eigenvalue weighted by Crippen LogP contribution is 2.27. The number of nitrogens with one attached hydrogen (secondary N) is 1. The van der Waals surface area contributed by atoms with Crippen LogP contribution in [-0.2, 0) is 10.2 Å². The molecule has 6 nitrogen and oxygen atoms in total. The van der Waals surface area contributed by atoms with E-state index in [1.807, 2.05) is 56.3 Å². The zero-order valence-corrected chi connectivity index (χ0v) is 20.7. The number of nitrogens with zero attached hydrogens (tertiary/aromatic N) is 3. The summed E-state index contributed by atoms with van der Waals surface area (Å²) >= 11 is 3.38. The molecule has 3 rings (SSSR count). The van der Waals surface area contributed by atoms with Gasteiger partial charge in [-0.1, -0.05) is 54.9 Å². The van der Waals surface area contributed by atoms with Gasteiger partial charge >= 0.3 is 0 Å². The lowest BCUT2D eigenvalue weighted by atomic mass is 9.92. The third kappa shape index (κ3) is 5.46. The number of benzene rings is 2. The SMILES string of the molecule is CCN(CC(=O)Nc1cc(C(C)(C)C)nn1-c1ccccc1C)C(=O)c1ccc(Br)cc1. The zero-order valence-electron chi connectivity index (χ0n) is 19.1. The van der Waals surface area contributed by atoms with E-state index in [4.69, 9.17) is 5.10 Å². The second-order valence-electron chi connectivity index (χ2n) is 8.74. The Kier molecular flexibility index (Phi) is 7.19. The van der Waals surface area contributed by atoms with Crippen LogP contribution < -0.4 is 5.32 Å². The van der Waals surface area contributed by atoms with Crippen molar-refractivity contribution in [3.63, 3.8) is 0 Å². The molecule has 0 aliphatic heterocycles. The fourth-order valence-electron chi connectivity index (χ4n) is 3.28. The van der Waals surface area contributed by atoms with Crippen molar-refractivity contribution >= 4 is 33.6 Å². The highest BCUT2D eigenvalue weighted by atomic mass is 79.9. The van der Waals surface area contributed by atoms with Crippen molar-refractivity contribution in [3.05, 3.63) is 75.9 Å². The Morgan fingerprint density at radius 2 is 1.75 bits per heavy atom. The van der Waals surface area contributed by atoms with Gasteiger partial charge in [-0.3, -0.25) is 9.59 Å². The lowest BCUT2D eigenvalue weighted by Gasteiger charge is -2.20.